The molecule has 0 saturated carbocycles. The molecule has 1 aliphatic rings. The van der Waals surface area contributed by atoms with Crippen LogP contribution in [0.5, 0.6) is 0 Å². The molecule has 3 heteroatoms. The maximum Gasteiger partial charge on any atom is 0.160 e. The second-order valence-corrected chi connectivity index (χ2v) is 13.6. The Morgan fingerprint density at radius 3 is 1.66 bits per heavy atom. The Labute approximate surface area is 309 Å². The topological polar surface area (TPSA) is 38.7 Å². The molecule has 248 valence electrons. The summed E-state index contributed by atoms with van der Waals surface area (Å²) in [6.07, 6.45) is 3.65. The van der Waals surface area contributed by atoms with Gasteiger partial charge in [0.25, 0.3) is 0 Å². The molecule has 0 atom stereocenters. The maximum atomic E-state index is 5.17. The van der Waals surface area contributed by atoms with Gasteiger partial charge in [-0.2, -0.15) is 0 Å². The minimum absolute atomic E-state index is 0.422. The molecule has 0 N–H and O–H groups in total. The Balaban J connectivity index is 1.16. The van der Waals surface area contributed by atoms with Crippen molar-refractivity contribution in [1.82, 2.24) is 15.0 Å². The first-order valence-electron chi connectivity index (χ1n) is 18.0. The number of fused-ring (bicyclic) bond motifs is 4. The highest BCUT2D eigenvalue weighted by atomic mass is 14.9. The molecule has 53 heavy (non-hydrogen) atoms. The van der Waals surface area contributed by atoms with Crippen molar-refractivity contribution in [3.63, 3.8) is 0 Å². The number of pyridine rings is 1. The van der Waals surface area contributed by atoms with Gasteiger partial charge < -0.3 is 0 Å². The van der Waals surface area contributed by atoms with Gasteiger partial charge in [0.05, 0.1) is 16.8 Å². The summed E-state index contributed by atoms with van der Waals surface area (Å²) < 4.78 is 0. The van der Waals surface area contributed by atoms with E-state index in [-0.39, 0.29) is 0 Å². The first kappa shape index (κ1) is 30.8. The molecule has 2 heterocycles. The fourth-order valence-corrected chi connectivity index (χ4v) is 8.35. The number of hydrogen-bond acceptors (Lipinski definition) is 3. The summed E-state index contributed by atoms with van der Waals surface area (Å²) in [5.74, 6) is 0.688. The summed E-state index contributed by atoms with van der Waals surface area (Å²) in [7, 11) is 0. The van der Waals surface area contributed by atoms with Crippen LogP contribution in [0.3, 0.4) is 0 Å². The highest BCUT2D eigenvalue weighted by Gasteiger charge is 2.45. The van der Waals surface area contributed by atoms with Crippen molar-refractivity contribution in [3.8, 4) is 56.2 Å². The molecule has 10 rings (SSSR count). The summed E-state index contributed by atoms with van der Waals surface area (Å²) in [6, 6.07) is 67.4. The Hall–Kier alpha value is -6.97. The smallest absolute Gasteiger partial charge is 0.160 e. The number of nitrogens with zero attached hydrogens (tertiary/aromatic N) is 3. The van der Waals surface area contributed by atoms with Gasteiger partial charge in [0.15, 0.2) is 5.82 Å². The van der Waals surface area contributed by atoms with Crippen LogP contribution in [-0.4, -0.2) is 15.0 Å². The molecule has 0 unspecified atom stereocenters. The monoisotopic (exact) mass is 675 g/mol. The van der Waals surface area contributed by atoms with Crippen LogP contribution in [0.1, 0.15) is 22.3 Å². The molecule has 0 spiro atoms. The summed E-state index contributed by atoms with van der Waals surface area (Å²) in [5.41, 5.74) is 14.3. The van der Waals surface area contributed by atoms with E-state index >= 15 is 0 Å². The number of aromatic nitrogens is 3. The van der Waals surface area contributed by atoms with E-state index in [1.165, 1.54) is 49.9 Å². The molecule has 0 amide bonds. The summed E-state index contributed by atoms with van der Waals surface area (Å²) in [4.78, 5) is 14.5. The average Bonchev–Trinajstić information content (AvgIpc) is 3.55. The van der Waals surface area contributed by atoms with Crippen molar-refractivity contribution in [2.75, 3.05) is 0 Å². The van der Waals surface area contributed by atoms with Crippen LogP contribution in [0, 0.1) is 0 Å². The van der Waals surface area contributed by atoms with Gasteiger partial charge in [0, 0.05) is 29.1 Å². The third-order valence-electron chi connectivity index (χ3n) is 10.7. The minimum atomic E-state index is -0.422. The molecule has 0 aliphatic heterocycles. The Morgan fingerprint density at radius 1 is 0.358 bits per heavy atom. The zero-order valence-corrected chi connectivity index (χ0v) is 28.9. The van der Waals surface area contributed by atoms with Crippen molar-refractivity contribution in [3.05, 3.63) is 223 Å². The molecule has 9 aromatic rings. The second-order valence-electron chi connectivity index (χ2n) is 13.6. The van der Waals surface area contributed by atoms with E-state index < -0.39 is 5.41 Å². The molecule has 3 nitrogen and oxygen atoms in total. The quantitative estimate of drug-likeness (QED) is 0.176. The lowest BCUT2D eigenvalue weighted by molar-refractivity contribution is 0.768. The van der Waals surface area contributed by atoms with E-state index in [0.29, 0.717) is 5.82 Å². The van der Waals surface area contributed by atoms with E-state index in [1.807, 2.05) is 36.5 Å². The van der Waals surface area contributed by atoms with Gasteiger partial charge in [-0.25, -0.2) is 9.97 Å². The standard InChI is InChI=1S/C50H33N3/c1-4-15-34(16-5-1)49-52-47(36-17-14-30-51-33-36)32-48(53-49)43-28-27-39(40-22-10-11-23-41(40)43)35-26-29-46-44(31-35)42-24-12-13-25-45(42)50(46,37-18-6-2-7-19-37)38-20-8-3-9-21-38/h1-33H. The zero-order chi connectivity index (χ0) is 35.2. The molecule has 0 saturated heterocycles. The summed E-state index contributed by atoms with van der Waals surface area (Å²) >= 11 is 0. The maximum absolute atomic E-state index is 5.17. The normalized spacial score (nSPS) is 12.7. The molecule has 0 radical (unpaired) electrons. The fraction of sp³-hybridized carbons (Fsp3) is 0.0200. The molecule has 7 aromatic carbocycles. The lowest BCUT2D eigenvalue weighted by Gasteiger charge is -2.33. The van der Waals surface area contributed by atoms with E-state index in [2.05, 4.69) is 163 Å². The molecule has 2 aromatic heterocycles. The Kier molecular flexibility index (Phi) is 7.36. The first-order chi connectivity index (χ1) is 26.3. The minimum Gasteiger partial charge on any atom is -0.264 e. The van der Waals surface area contributed by atoms with Crippen LogP contribution >= 0.6 is 0 Å². The van der Waals surface area contributed by atoms with Crippen LogP contribution < -0.4 is 0 Å². The van der Waals surface area contributed by atoms with Crippen LogP contribution in [0.15, 0.2) is 200 Å². The van der Waals surface area contributed by atoms with Gasteiger partial charge in [-0.15, -0.1) is 0 Å². The van der Waals surface area contributed by atoms with Gasteiger partial charge >= 0.3 is 0 Å². The van der Waals surface area contributed by atoms with E-state index in [1.54, 1.807) is 6.20 Å². The fourth-order valence-electron chi connectivity index (χ4n) is 8.35. The number of rotatable bonds is 6. The van der Waals surface area contributed by atoms with Gasteiger partial charge in [-0.1, -0.05) is 164 Å². The SMILES string of the molecule is c1ccc(-c2nc(-c3cccnc3)cc(-c3ccc(-c4ccc5c(c4)-c4ccccc4C5(c4ccccc4)c4ccccc4)c4ccccc34)n2)cc1. The summed E-state index contributed by atoms with van der Waals surface area (Å²) in [6.45, 7) is 0. The Bertz CT molecular complexity index is 2660. The predicted octanol–water partition coefficient (Wildman–Crippen LogP) is 12.1. The molecular weight excluding hydrogens is 643 g/mol. The number of hydrogen-bond donors (Lipinski definition) is 0. The van der Waals surface area contributed by atoms with Gasteiger partial charge in [-0.05, 0) is 79.5 Å². The predicted molar refractivity (Wildman–Crippen MR) is 216 cm³/mol. The number of benzene rings is 7. The van der Waals surface area contributed by atoms with E-state index in [9.17, 15) is 0 Å². The zero-order valence-electron chi connectivity index (χ0n) is 28.9. The highest BCUT2D eigenvalue weighted by Crippen LogP contribution is 2.56. The van der Waals surface area contributed by atoms with Crippen molar-refractivity contribution in [2.45, 2.75) is 5.41 Å². The molecule has 0 bridgehead atoms. The van der Waals surface area contributed by atoms with Crippen LogP contribution in [0.4, 0.5) is 0 Å². The Morgan fingerprint density at radius 2 is 0.943 bits per heavy atom. The van der Waals surface area contributed by atoms with Crippen molar-refractivity contribution < 1.29 is 0 Å². The van der Waals surface area contributed by atoms with Crippen LogP contribution in [0.2, 0.25) is 0 Å². The third-order valence-corrected chi connectivity index (χ3v) is 10.7. The average molecular weight is 676 g/mol. The third kappa shape index (κ3) is 5.01. The van der Waals surface area contributed by atoms with Crippen molar-refractivity contribution >= 4 is 10.8 Å². The van der Waals surface area contributed by atoms with Crippen LogP contribution in [-0.2, 0) is 5.41 Å². The molecule has 0 fully saturated rings. The summed E-state index contributed by atoms with van der Waals surface area (Å²) in [5, 5.41) is 2.32. The highest BCUT2D eigenvalue weighted by molar-refractivity contribution is 6.05. The van der Waals surface area contributed by atoms with Crippen molar-refractivity contribution in [2.24, 2.45) is 0 Å². The lowest BCUT2D eigenvalue weighted by Crippen LogP contribution is -2.28. The van der Waals surface area contributed by atoms with Crippen molar-refractivity contribution in [1.29, 1.82) is 0 Å². The van der Waals surface area contributed by atoms with Gasteiger partial charge in [-0.3, -0.25) is 4.98 Å². The van der Waals surface area contributed by atoms with Crippen LogP contribution in [0.25, 0.3) is 66.9 Å². The lowest BCUT2D eigenvalue weighted by atomic mass is 9.67. The van der Waals surface area contributed by atoms with E-state index in [0.717, 1.165) is 33.5 Å². The van der Waals surface area contributed by atoms with Gasteiger partial charge in [0.2, 0.25) is 0 Å². The molecular formula is C50H33N3. The first-order valence-corrected chi connectivity index (χ1v) is 18.0. The second kappa shape index (κ2) is 12.7. The largest absolute Gasteiger partial charge is 0.264 e. The van der Waals surface area contributed by atoms with E-state index in [4.69, 9.17) is 9.97 Å². The van der Waals surface area contributed by atoms with Gasteiger partial charge in [0.1, 0.15) is 0 Å². The molecule has 1 aliphatic carbocycles.